The maximum Gasteiger partial charge on any atom is 0.273 e. The molecule has 7 nitrogen and oxygen atoms in total. The molecule has 3 rings (SSSR count). The summed E-state index contributed by atoms with van der Waals surface area (Å²) < 4.78 is 5.32. The third kappa shape index (κ3) is 2.64. The van der Waals surface area contributed by atoms with Crippen LogP contribution in [0, 0.1) is 17.0 Å². The van der Waals surface area contributed by atoms with Gasteiger partial charge >= 0.3 is 0 Å². The highest BCUT2D eigenvalue weighted by atomic mass is 16.6. The predicted molar refractivity (Wildman–Crippen MR) is 76.0 cm³/mol. The van der Waals surface area contributed by atoms with Crippen LogP contribution in [0.25, 0.3) is 11.5 Å². The molecule has 0 spiro atoms. The monoisotopic (exact) mass is 288 g/mol. The molecule has 1 saturated heterocycles. The van der Waals surface area contributed by atoms with Crippen LogP contribution in [0.2, 0.25) is 0 Å². The molecular weight excluding hydrogens is 272 g/mol. The smallest absolute Gasteiger partial charge is 0.273 e. The minimum Gasteiger partial charge on any atom is -0.334 e. The second-order valence-electron chi connectivity index (χ2n) is 5.19. The lowest BCUT2D eigenvalue weighted by Gasteiger charge is -2.18. The average Bonchev–Trinajstić information content (AvgIpc) is 2.98. The summed E-state index contributed by atoms with van der Waals surface area (Å²) in [5.74, 6) is 1.34. The Morgan fingerprint density at radius 2 is 2.14 bits per heavy atom. The van der Waals surface area contributed by atoms with Crippen LogP contribution in [0.5, 0.6) is 0 Å². The van der Waals surface area contributed by atoms with Gasteiger partial charge in [-0.1, -0.05) is 11.2 Å². The maximum absolute atomic E-state index is 11.0. The van der Waals surface area contributed by atoms with Gasteiger partial charge in [0.2, 0.25) is 0 Å². The number of nitrogens with zero attached hydrogens (tertiary/aromatic N) is 3. The van der Waals surface area contributed by atoms with Gasteiger partial charge in [-0.3, -0.25) is 10.1 Å². The van der Waals surface area contributed by atoms with Crippen LogP contribution in [0.4, 0.5) is 5.69 Å². The molecule has 110 valence electrons. The Hall–Kier alpha value is -2.28. The molecule has 7 heteroatoms. The number of nitro benzene ring substituents is 1. The van der Waals surface area contributed by atoms with Crippen molar-refractivity contribution in [2.24, 2.45) is 0 Å². The number of piperidine rings is 1. The molecule has 1 N–H and O–H groups in total. The van der Waals surface area contributed by atoms with Gasteiger partial charge in [0.05, 0.1) is 4.92 Å². The molecule has 0 aliphatic carbocycles. The summed E-state index contributed by atoms with van der Waals surface area (Å²) in [6.07, 6.45) is 1.96. The number of hydrogen-bond acceptors (Lipinski definition) is 6. The molecule has 0 saturated carbocycles. The molecule has 1 aliphatic rings. The lowest BCUT2D eigenvalue weighted by Crippen LogP contribution is -2.27. The zero-order valence-electron chi connectivity index (χ0n) is 11.7. The highest BCUT2D eigenvalue weighted by Gasteiger charge is 2.23. The molecule has 0 atom stereocenters. The van der Waals surface area contributed by atoms with E-state index in [1.807, 2.05) is 0 Å². The quantitative estimate of drug-likeness (QED) is 0.688. The van der Waals surface area contributed by atoms with E-state index in [4.69, 9.17) is 4.52 Å². The molecule has 2 heterocycles. The highest BCUT2D eigenvalue weighted by molar-refractivity contribution is 5.64. The van der Waals surface area contributed by atoms with Gasteiger partial charge in [-0.15, -0.1) is 0 Å². The Morgan fingerprint density at radius 1 is 1.38 bits per heavy atom. The van der Waals surface area contributed by atoms with Gasteiger partial charge in [0.15, 0.2) is 5.82 Å². The van der Waals surface area contributed by atoms with E-state index in [0.717, 1.165) is 25.9 Å². The van der Waals surface area contributed by atoms with Gasteiger partial charge in [-0.25, -0.2) is 0 Å². The zero-order valence-corrected chi connectivity index (χ0v) is 11.7. The third-order valence-corrected chi connectivity index (χ3v) is 3.88. The number of rotatable bonds is 3. The van der Waals surface area contributed by atoms with E-state index in [0.29, 0.717) is 28.8 Å². The zero-order chi connectivity index (χ0) is 14.8. The van der Waals surface area contributed by atoms with Crippen LogP contribution in [0.3, 0.4) is 0 Å². The maximum atomic E-state index is 11.0. The van der Waals surface area contributed by atoms with Gasteiger partial charge in [-0.2, -0.15) is 4.98 Å². The molecule has 0 bridgehead atoms. The number of nitrogens with one attached hydrogen (secondary N) is 1. The Balaban J connectivity index is 1.93. The van der Waals surface area contributed by atoms with Crippen LogP contribution in [0.15, 0.2) is 22.7 Å². The first-order valence-electron chi connectivity index (χ1n) is 6.95. The standard InChI is InChI=1S/C14H16N4O3/c1-9-11(3-2-4-12(9)18(19)20)14-16-13(17-21-14)10-5-7-15-8-6-10/h2-4,10,15H,5-8H2,1H3. The van der Waals surface area contributed by atoms with Gasteiger partial charge in [0.25, 0.3) is 11.6 Å². The van der Waals surface area contributed by atoms with Crippen molar-refractivity contribution in [3.63, 3.8) is 0 Å². The van der Waals surface area contributed by atoms with Gasteiger partial charge in [0, 0.05) is 23.1 Å². The van der Waals surface area contributed by atoms with Crippen molar-refractivity contribution >= 4 is 5.69 Å². The highest BCUT2D eigenvalue weighted by Crippen LogP contribution is 2.30. The van der Waals surface area contributed by atoms with Crippen LogP contribution in [-0.2, 0) is 0 Å². The number of hydrogen-bond donors (Lipinski definition) is 1. The molecule has 21 heavy (non-hydrogen) atoms. The largest absolute Gasteiger partial charge is 0.334 e. The first-order chi connectivity index (χ1) is 10.2. The van der Waals surface area contributed by atoms with Crippen molar-refractivity contribution in [1.82, 2.24) is 15.5 Å². The molecule has 0 amide bonds. The van der Waals surface area contributed by atoms with Crippen molar-refractivity contribution in [1.29, 1.82) is 0 Å². The minimum atomic E-state index is -0.400. The van der Waals surface area contributed by atoms with Crippen molar-refractivity contribution in [2.75, 3.05) is 13.1 Å². The fourth-order valence-electron chi connectivity index (χ4n) is 2.64. The van der Waals surface area contributed by atoms with E-state index in [1.165, 1.54) is 6.07 Å². The summed E-state index contributed by atoms with van der Waals surface area (Å²) in [6.45, 7) is 3.59. The van der Waals surface area contributed by atoms with Crippen molar-refractivity contribution in [3.05, 3.63) is 39.7 Å². The summed E-state index contributed by atoms with van der Waals surface area (Å²) in [6, 6.07) is 4.87. The predicted octanol–water partition coefficient (Wildman–Crippen LogP) is 2.42. The Bertz CT molecular complexity index is 662. The molecule has 0 radical (unpaired) electrons. The minimum absolute atomic E-state index is 0.0640. The van der Waals surface area contributed by atoms with E-state index in [-0.39, 0.29) is 5.69 Å². The molecule has 1 aliphatic heterocycles. The fourth-order valence-corrected chi connectivity index (χ4v) is 2.64. The van der Waals surface area contributed by atoms with Crippen molar-refractivity contribution in [3.8, 4) is 11.5 Å². The normalized spacial score (nSPS) is 16.0. The third-order valence-electron chi connectivity index (χ3n) is 3.88. The summed E-state index contributed by atoms with van der Waals surface area (Å²) >= 11 is 0. The molecule has 1 fully saturated rings. The first kappa shape index (κ1) is 13.7. The summed E-state index contributed by atoms with van der Waals surface area (Å²) in [5.41, 5.74) is 1.23. The van der Waals surface area contributed by atoms with Gasteiger partial charge in [-0.05, 0) is 38.9 Å². The fraction of sp³-hybridized carbons (Fsp3) is 0.429. The number of benzene rings is 1. The SMILES string of the molecule is Cc1c(-c2nc(C3CCNCC3)no2)cccc1[N+](=O)[O-]. The van der Waals surface area contributed by atoms with E-state index in [2.05, 4.69) is 15.5 Å². The van der Waals surface area contributed by atoms with Crippen LogP contribution in [0.1, 0.15) is 30.1 Å². The lowest BCUT2D eigenvalue weighted by atomic mass is 9.97. The van der Waals surface area contributed by atoms with Crippen molar-refractivity contribution in [2.45, 2.75) is 25.7 Å². The first-order valence-corrected chi connectivity index (χ1v) is 6.95. The topological polar surface area (TPSA) is 94.1 Å². The number of aromatic nitrogens is 2. The summed E-state index contributed by atoms with van der Waals surface area (Å²) in [4.78, 5) is 15.0. The lowest BCUT2D eigenvalue weighted by molar-refractivity contribution is -0.385. The molecule has 1 aromatic heterocycles. The van der Waals surface area contributed by atoms with E-state index in [9.17, 15) is 10.1 Å². The number of nitro groups is 1. The Kier molecular flexibility index (Phi) is 3.66. The van der Waals surface area contributed by atoms with Crippen LogP contribution in [-0.4, -0.2) is 28.2 Å². The molecular formula is C14H16N4O3. The molecule has 0 unspecified atom stereocenters. The van der Waals surface area contributed by atoms with Gasteiger partial charge in [0.1, 0.15) is 0 Å². The molecule has 2 aromatic rings. The average molecular weight is 288 g/mol. The Morgan fingerprint density at radius 3 is 2.86 bits per heavy atom. The summed E-state index contributed by atoms with van der Waals surface area (Å²) in [5, 5.41) is 18.3. The van der Waals surface area contributed by atoms with Gasteiger partial charge < -0.3 is 9.84 Å². The Labute approximate surface area is 121 Å². The second-order valence-corrected chi connectivity index (χ2v) is 5.19. The van der Waals surface area contributed by atoms with E-state index < -0.39 is 4.92 Å². The van der Waals surface area contributed by atoms with Crippen LogP contribution >= 0.6 is 0 Å². The van der Waals surface area contributed by atoms with Crippen molar-refractivity contribution < 1.29 is 9.45 Å². The van der Waals surface area contributed by atoms with Crippen LogP contribution < -0.4 is 5.32 Å². The van der Waals surface area contributed by atoms with E-state index in [1.54, 1.807) is 19.1 Å². The van der Waals surface area contributed by atoms with E-state index >= 15 is 0 Å². The molecule has 1 aromatic carbocycles. The summed E-state index contributed by atoms with van der Waals surface area (Å²) in [7, 11) is 0. The second kappa shape index (κ2) is 5.61.